The van der Waals surface area contributed by atoms with Gasteiger partial charge in [0.2, 0.25) is 0 Å². The second-order valence-electron chi connectivity index (χ2n) is 2.63. The second-order valence-corrected chi connectivity index (χ2v) is 2.63. The summed E-state index contributed by atoms with van der Waals surface area (Å²) < 4.78 is 5.50. The lowest BCUT2D eigenvalue weighted by molar-refractivity contribution is 0.0665. The SMILES string of the molecule is NCCCO[C@@H]1CCNC1. The van der Waals surface area contributed by atoms with Crippen LogP contribution >= 0.6 is 0 Å². The number of hydrogen-bond donors (Lipinski definition) is 2. The zero-order valence-electron chi connectivity index (χ0n) is 6.31. The van der Waals surface area contributed by atoms with Crippen LogP contribution in [0.5, 0.6) is 0 Å². The van der Waals surface area contributed by atoms with Crippen LogP contribution in [0.3, 0.4) is 0 Å². The highest BCUT2D eigenvalue weighted by atomic mass is 16.5. The Balaban J connectivity index is 1.91. The van der Waals surface area contributed by atoms with Gasteiger partial charge in [0.05, 0.1) is 6.10 Å². The minimum Gasteiger partial charge on any atom is -0.377 e. The van der Waals surface area contributed by atoms with Crippen molar-refractivity contribution in [3.05, 3.63) is 0 Å². The Morgan fingerprint density at radius 3 is 3.10 bits per heavy atom. The van der Waals surface area contributed by atoms with Gasteiger partial charge in [-0.2, -0.15) is 0 Å². The van der Waals surface area contributed by atoms with E-state index in [9.17, 15) is 0 Å². The Morgan fingerprint density at radius 1 is 1.60 bits per heavy atom. The van der Waals surface area contributed by atoms with Gasteiger partial charge in [-0.1, -0.05) is 0 Å². The molecule has 1 atom stereocenters. The van der Waals surface area contributed by atoms with Gasteiger partial charge >= 0.3 is 0 Å². The predicted molar refractivity (Wildman–Crippen MR) is 40.9 cm³/mol. The molecule has 0 radical (unpaired) electrons. The molecule has 1 aliphatic rings. The smallest absolute Gasteiger partial charge is 0.0711 e. The first-order chi connectivity index (χ1) is 4.93. The summed E-state index contributed by atoms with van der Waals surface area (Å²) >= 11 is 0. The van der Waals surface area contributed by atoms with Crippen LogP contribution in [0.1, 0.15) is 12.8 Å². The Kier molecular flexibility index (Phi) is 3.72. The molecule has 0 aliphatic carbocycles. The standard InChI is InChI=1S/C7H16N2O/c8-3-1-5-10-7-2-4-9-6-7/h7,9H,1-6,8H2/t7-/m1/s1. The molecule has 0 unspecified atom stereocenters. The van der Waals surface area contributed by atoms with Crippen LogP contribution in [-0.2, 0) is 4.74 Å². The first kappa shape index (κ1) is 7.98. The van der Waals surface area contributed by atoms with E-state index in [0.717, 1.165) is 39.1 Å². The molecule has 0 aromatic carbocycles. The molecule has 10 heavy (non-hydrogen) atoms. The van der Waals surface area contributed by atoms with E-state index in [2.05, 4.69) is 5.32 Å². The monoisotopic (exact) mass is 144 g/mol. The van der Waals surface area contributed by atoms with E-state index in [4.69, 9.17) is 10.5 Å². The van der Waals surface area contributed by atoms with Crippen molar-refractivity contribution in [2.24, 2.45) is 5.73 Å². The van der Waals surface area contributed by atoms with E-state index in [0.29, 0.717) is 6.10 Å². The summed E-state index contributed by atoms with van der Waals surface area (Å²) in [4.78, 5) is 0. The Morgan fingerprint density at radius 2 is 2.50 bits per heavy atom. The molecule has 1 saturated heterocycles. The van der Waals surface area contributed by atoms with Crippen molar-refractivity contribution in [2.75, 3.05) is 26.2 Å². The number of rotatable bonds is 4. The topological polar surface area (TPSA) is 47.3 Å². The molecule has 0 amide bonds. The van der Waals surface area contributed by atoms with Gasteiger partial charge in [0, 0.05) is 13.2 Å². The van der Waals surface area contributed by atoms with Gasteiger partial charge in [-0.05, 0) is 25.9 Å². The predicted octanol–water partition coefficient (Wildman–Crippen LogP) is -0.286. The van der Waals surface area contributed by atoms with Gasteiger partial charge in [0.1, 0.15) is 0 Å². The van der Waals surface area contributed by atoms with E-state index >= 15 is 0 Å². The molecular weight excluding hydrogens is 128 g/mol. The Hall–Kier alpha value is -0.120. The van der Waals surface area contributed by atoms with Gasteiger partial charge in [-0.25, -0.2) is 0 Å². The van der Waals surface area contributed by atoms with Crippen LogP contribution in [0.15, 0.2) is 0 Å². The minimum atomic E-state index is 0.451. The highest BCUT2D eigenvalue weighted by Crippen LogP contribution is 2.02. The largest absolute Gasteiger partial charge is 0.377 e. The van der Waals surface area contributed by atoms with Crippen LogP contribution in [-0.4, -0.2) is 32.3 Å². The number of ether oxygens (including phenoxy) is 1. The van der Waals surface area contributed by atoms with Gasteiger partial charge in [-0.15, -0.1) is 0 Å². The summed E-state index contributed by atoms with van der Waals surface area (Å²) in [6, 6.07) is 0. The summed E-state index contributed by atoms with van der Waals surface area (Å²) in [5.74, 6) is 0. The molecule has 3 heteroatoms. The van der Waals surface area contributed by atoms with Crippen LogP contribution in [0.2, 0.25) is 0 Å². The van der Waals surface area contributed by atoms with Crippen molar-refractivity contribution in [1.29, 1.82) is 0 Å². The molecule has 1 rings (SSSR count). The number of nitrogens with two attached hydrogens (primary N) is 1. The third kappa shape index (κ3) is 2.64. The van der Waals surface area contributed by atoms with Crippen molar-refractivity contribution in [1.82, 2.24) is 5.32 Å². The molecule has 0 aromatic rings. The lowest BCUT2D eigenvalue weighted by Gasteiger charge is -2.08. The van der Waals surface area contributed by atoms with Gasteiger partial charge < -0.3 is 15.8 Å². The molecule has 0 bridgehead atoms. The van der Waals surface area contributed by atoms with E-state index in [-0.39, 0.29) is 0 Å². The molecule has 1 fully saturated rings. The number of nitrogens with one attached hydrogen (secondary N) is 1. The highest BCUT2D eigenvalue weighted by Gasteiger charge is 2.13. The third-order valence-corrected chi connectivity index (χ3v) is 1.72. The van der Waals surface area contributed by atoms with E-state index in [1.807, 2.05) is 0 Å². The molecule has 1 heterocycles. The number of hydrogen-bond acceptors (Lipinski definition) is 3. The average Bonchev–Trinajstić information content (AvgIpc) is 2.41. The van der Waals surface area contributed by atoms with E-state index in [1.54, 1.807) is 0 Å². The highest BCUT2D eigenvalue weighted by molar-refractivity contribution is 4.70. The summed E-state index contributed by atoms with van der Waals surface area (Å²) in [5, 5.41) is 3.24. The third-order valence-electron chi connectivity index (χ3n) is 1.72. The molecular formula is C7H16N2O. The summed E-state index contributed by atoms with van der Waals surface area (Å²) in [6.45, 7) is 3.68. The summed E-state index contributed by atoms with van der Waals surface area (Å²) in [5.41, 5.74) is 5.32. The average molecular weight is 144 g/mol. The van der Waals surface area contributed by atoms with E-state index < -0.39 is 0 Å². The lowest BCUT2D eigenvalue weighted by atomic mass is 10.3. The minimum absolute atomic E-state index is 0.451. The molecule has 0 saturated carbocycles. The van der Waals surface area contributed by atoms with Crippen LogP contribution < -0.4 is 11.1 Å². The van der Waals surface area contributed by atoms with Crippen LogP contribution in [0.25, 0.3) is 0 Å². The maximum absolute atomic E-state index is 5.50. The lowest BCUT2D eigenvalue weighted by Crippen LogP contribution is -2.18. The van der Waals surface area contributed by atoms with Gasteiger partial charge in [-0.3, -0.25) is 0 Å². The zero-order chi connectivity index (χ0) is 7.23. The molecule has 3 nitrogen and oxygen atoms in total. The van der Waals surface area contributed by atoms with E-state index in [1.165, 1.54) is 0 Å². The van der Waals surface area contributed by atoms with Crippen molar-refractivity contribution in [2.45, 2.75) is 18.9 Å². The summed E-state index contributed by atoms with van der Waals surface area (Å²) in [6.07, 6.45) is 2.59. The fourth-order valence-corrected chi connectivity index (χ4v) is 1.10. The molecule has 60 valence electrons. The Bertz CT molecular complexity index is 81.7. The van der Waals surface area contributed by atoms with Crippen molar-refractivity contribution in [3.8, 4) is 0 Å². The maximum atomic E-state index is 5.50. The quantitative estimate of drug-likeness (QED) is 0.533. The second kappa shape index (κ2) is 4.66. The molecule has 0 spiro atoms. The van der Waals surface area contributed by atoms with Gasteiger partial charge in [0.25, 0.3) is 0 Å². The molecule has 1 aliphatic heterocycles. The zero-order valence-corrected chi connectivity index (χ0v) is 6.31. The fraction of sp³-hybridized carbons (Fsp3) is 1.00. The van der Waals surface area contributed by atoms with Crippen LogP contribution in [0, 0.1) is 0 Å². The first-order valence-corrected chi connectivity index (χ1v) is 3.96. The van der Waals surface area contributed by atoms with Crippen LogP contribution in [0.4, 0.5) is 0 Å². The van der Waals surface area contributed by atoms with Crippen molar-refractivity contribution < 1.29 is 4.74 Å². The summed E-state index contributed by atoms with van der Waals surface area (Å²) in [7, 11) is 0. The normalized spacial score (nSPS) is 25.5. The Labute approximate surface area is 61.9 Å². The first-order valence-electron chi connectivity index (χ1n) is 3.96. The molecule has 0 aromatic heterocycles. The maximum Gasteiger partial charge on any atom is 0.0711 e. The molecule has 3 N–H and O–H groups in total. The van der Waals surface area contributed by atoms with Gasteiger partial charge in [0.15, 0.2) is 0 Å². The fourth-order valence-electron chi connectivity index (χ4n) is 1.10. The van der Waals surface area contributed by atoms with Crippen molar-refractivity contribution >= 4 is 0 Å². The van der Waals surface area contributed by atoms with Crippen molar-refractivity contribution in [3.63, 3.8) is 0 Å².